The zero-order valence-electron chi connectivity index (χ0n) is 12.0. The summed E-state index contributed by atoms with van der Waals surface area (Å²) in [6, 6.07) is 0. The molecule has 0 aromatic heterocycles. The Morgan fingerprint density at radius 3 is 1.33 bits per heavy atom. The van der Waals surface area contributed by atoms with Crippen LogP contribution in [0.25, 0.3) is 0 Å². The summed E-state index contributed by atoms with van der Waals surface area (Å²) in [5.74, 6) is 0. The van der Waals surface area contributed by atoms with E-state index < -0.39 is 16.3 Å². The first-order valence-electron chi connectivity index (χ1n) is 6.43. The SMILES string of the molecule is CCO[Si](OCC)(OCC)OP(O)(O)(CC)CC. The number of hydrogen-bond donors (Lipinski definition) is 2. The van der Waals surface area contributed by atoms with E-state index >= 15 is 0 Å². The zero-order chi connectivity index (χ0) is 14.3. The van der Waals surface area contributed by atoms with Crippen LogP contribution in [0.4, 0.5) is 0 Å². The molecule has 2 N–H and O–H groups in total. The topological polar surface area (TPSA) is 77.4 Å². The predicted molar refractivity (Wildman–Crippen MR) is 74.2 cm³/mol. The standard InChI is InChI=1S/C10H27O6PSi/c1-6-13-18(14-7-2,15-8-3)16-17(11,12,9-4)10-5/h11-12H,6-10H2,1-5H3. The van der Waals surface area contributed by atoms with Crippen molar-refractivity contribution in [2.75, 3.05) is 32.1 Å². The predicted octanol–water partition coefficient (Wildman–Crippen LogP) is 1.87. The molecule has 0 spiro atoms. The molecule has 0 fully saturated rings. The van der Waals surface area contributed by atoms with Crippen LogP contribution in [0.15, 0.2) is 0 Å². The van der Waals surface area contributed by atoms with Gasteiger partial charge in [-0.3, -0.25) is 0 Å². The van der Waals surface area contributed by atoms with Crippen molar-refractivity contribution < 1.29 is 27.3 Å². The molecule has 0 atom stereocenters. The molecular weight excluding hydrogens is 275 g/mol. The molecule has 6 nitrogen and oxygen atoms in total. The van der Waals surface area contributed by atoms with Crippen molar-refractivity contribution >= 4 is 16.3 Å². The maximum atomic E-state index is 10.4. The van der Waals surface area contributed by atoms with Gasteiger partial charge in [-0.25, -0.2) is 0 Å². The van der Waals surface area contributed by atoms with Gasteiger partial charge in [0, 0.05) is 0 Å². The van der Waals surface area contributed by atoms with Gasteiger partial charge in [-0.2, -0.15) is 0 Å². The third-order valence-corrected chi connectivity index (χ3v) is 9.61. The van der Waals surface area contributed by atoms with Gasteiger partial charge in [-0.05, 0) is 0 Å². The fourth-order valence-electron chi connectivity index (χ4n) is 1.35. The van der Waals surface area contributed by atoms with E-state index in [2.05, 4.69) is 0 Å². The van der Waals surface area contributed by atoms with Crippen LogP contribution in [0.1, 0.15) is 34.6 Å². The molecule has 0 heterocycles. The molecule has 8 heteroatoms. The Labute approximate surface area is 111 Å². The van der Waals surface area contributed by atoms with Gasteiger partial charge in [0.25, 0.3) is 0 Å². The molecule has 0 radical (unpaired) electrons. The monoisotopic (exact) mass is 302 g/mol. The van der Waals surface area contributed by atoms with Crippen LogP contribution in [-0.4, -0.2) is 51.0 Å². The van der Waals surface area contributed by atoms with E-state index in [-0.39, 0.29) is 12.3 Å². The second kappa shape index (κ2) is 7.26. The first-order chi connectivity index (χ1) is 8.29. The van der Waals surface area contributed by atoms with E-state index in [1.165, 1.54) is 0 Å². The summed E-state index contributed by atoms with van der Waals surface area (Å²) >= 11 is 0. The van der Waals surface area contributed by atoms with Gasteiger partial charge in [-0.15, -0.1) is 0 Å². The molecule has 18 heavy (non-hydrogen) atoms. The van der Waals surface area contributed by atoms with E-state index in [1.54, 1.807) is 34.6 Å². The second-order valence-corrected chi connectivity index (χ2v) is 10.3. The first kappa shape index (κ1) is 18.4. The van der Waals surface area contributed by atoms with Gasteiger partial charge in [0.1, 0.15) is 0 Å². The fraction of sp³-hybridized carbons (Fsp3) is 1.00. The normalized spacial score (nSPS) is 15.4. The van der Waals surface area contributed by atoms with Crippen LogP contribution in [-0.2, 0) is 17.5 Å². The number of hydrogen-bond acceptors (Lipinski definition) is 6. The Bertz CT molecular complexity index is 226. The van der Waals surface area contributed by atoms with Crippen LogP contribution in [0, 0.1) is 0 Å². The Kier molecular flexibility index (Phi) is 7.42. The van der Waals surface area contributed by atoms with Gasteiger partial charge >= 0.3 is 110 Å². The molecule has 0 aliphatic rings. The molecule has 0 bridgehead atoms. The van der Waals surface area contributed by atoms with Gasteiger partial charge in [-0.1, -0.05) is 0 Å². The third kappa shape index (κ3) is 5.18. The van der Waals surface area contributed by atoms with Crippen molar-refractivity contribution in [3.05, 3.63) is 0 Å². The fourth-order valence-corrected chi connectivity index (χ4v) is 6.83. The van der Waals surface area contributed by atoms with Crippen molar-refractivity contribution in [1.29, 1.82) is 0 Å². The van der Waals surface area contributed by atoms with Crippen molar-refractivity contribution in [2.45, 2.75) is 34.6 Å². The third-order valence-electron chi connectivity index (χ3n) is 2.56. The molecule has 0 aliphatic carbocycles. The molecule has 112 valence electrons. The number of rotatable bonds is 10. The van der Waals surface area contributed by atoms with Crippen molar-refractivity contribution in [1.82, 2.24) is 0 Å². The average molecular weight is 302 g/mol. The molecule has 0 amide bonds. The molecule has 0 aromatic rings. The summed E-state index contributed by atoms with van der Waals surface area (Å²) in [4.78, 5) is 20.7. The molecular formula is C10H27O6PSi. The van der Waals surface area contributed by atoms with E-state index in [1.807, 2.05) is 0 Å². The Morgan fingerprint density at radius 2 is 1.11 bits per heavy atom. The summed E-state index contributed by atoms with van der Waals surface area (Å²) in [6.45, 7) is 9.67. The summed E-state index contributed by atoms with van der Waals surface area (Å²) in [5, 5.41) is 0. The Morgan fingerprint density at radius 1 is 0.778 bits per heavy atom. The van der Waals surface area contributed by atoms with E-state index in [4.69, 9.17) is 17.5 Å². The van der Waals surface area contributed by atoms with E-state index in [0.29, 0.717) is 19.8 Å². The molecule has 0 aliphatic heterocycles. The zero-order valence-corrected chi connectivity index (χ0v) is 13.9. The second-order valence-electron chi connectivity index (χ2n) is 3.82. The Balaban J connectivity index is 5.17. The van der Waals surface area contributed by atoms with Gasteiger partial charge in [0.05, 0.1) is 0 Å². The molecule has 0 saturated carbocycles. The van der Waals surface area contributed by atoms with Crippen LogP contribution in [0.5, 0.6) is 0 Å². The summed E-state index contributed by atoms with van der Waals surface area (Å²) in [7, 11) is -7.72. The minimum absolute atomic E-state index is 0.115. The van der Waals surface area contributed by atoms with Gasteiger partial charge in [0.2, 0.25) is 0 Å². The summed E-state index contributed by atoms with van der Waals surface area (Å²) in [6.07, 6.45) is 0.230. The van der Waals surface area contributed by atoms with Crippen LogP contribution >= 0.6 is 7.28 Å². The van der Waals surface area contributed by atoms with Crippen LogP contribution < -0.4 is 0 Å². The van der Waals surface area contributed by atoms with Crippen molar-refractivity contribution in [3.63, 3.8) is 0 Å². The maximum absolute atomic E-state index is 10.4. The van der Waals surface area contributed by atoms with Gasteiger partial charge in [0.15, 0.2) is 0 Å². The van der Waals surface area contributed by atoms with E-state index in [9.17, 15) is 9.79 Å². The van der Waals surface area contributed by atoms with Crippen LogP contribution in [0.3, 0.4) is 0 Å². The molecule has 0 saturated heterocycles. The first-order valence-corrected chi connectivity index (χ1v) is 10.5. The summed E-state index contributed by atoms with van der Waals surface area (Å²) < 4.78 is 21.9. The molecule has 0 rings (SSSR count). The minimum atomic E-state index is -4.23. The van der Waals surface area contributed by atoms with Crippen molar-refractivity contribution in [3.8, 4) is 0 Å². The van der Waals surface area contributed by atoms with Gasteiger partial charge < -0.3 is 0 Å². The quantitative estimate of drug-likeness (QED) is 0.474. The van der Waals surface area contributed by atoms with Crippen LogP contribution in [0.2, 0.25) is 0 Å². The Hall–Kier alpha value is 0.407. The summed E-state index contributed by atoms with van der Waals surface area (Å²) in [5.41, 5.74) is 0. The average Bonchev–Trinajstić information content (AvgIpc) is 2.30. The van der Waals surface area contributed by atoms with E-state index in [0.717, 1.165) is 0 Å². The molecule has 0 aromatic carbocycles. The van der Waals surface area contributed by atoms with Crippen molar-refractivity contribution in [2.24, 2.45) is 0 Å². The molecule has 0 unspecified atom stereocenters.